The van der Waals surface area contributed by atoms with Crippen LogP contribution in [0.2, 0.25) is 0 Å². The minimum absolute atomic E-state index is 0.226. The van der Waals surface area contributed by atoms with Gasteiger partial charge < -0.3 is 9.84 Å². The van der Waals surface area contributed by atoms with Crippen LogP contribution in [0, 0.1) is 11.6 Å². The first-order valence-corrected chi connectivity index (χ1v) is 5.30. The van der Waals surface area contributed by atoms with Gasteiger partial charge in [0.25, 0.3) is 0 Å². The number of nitrogens with zero attached hydrogens (tertiary/aromatic N) is 2. The minimum atomic E-state index is -0.941. The zero-order valence-electron chi connectivity index (χ0n) is 9.49. The van der Waals surface area contributed by atoms with Crippen molar-refractivity contribution in [3.63, 3.8) is 0 Å². The SMILES string of the molecule is C=CCNCc1nc(-c2ccc(F)c(F)c2)no1. The van der Waals surface area contributed by atoms with Gasteiger partial charge in [0, 0.05) is 12.1 Å². The Morgan fingerprint density at radius 1 is 1.33 bits per heavy atom. The summed E-state index contributed by atoms with van der Waals surface area (Å²) in [6.07, 6.45) is 1.70. The quantitative estimate of drug-likeness (QED) is 0.654. The zero-order valence-corrected chi connectivity index (χ0v) is 9.49. The van der Waals surface area contributed by atoms with Crippen LogP contribution in [-0.4, -0.2) is 16.7 Å². The number of hydrogen-bond donors (Lipinski definition) is 1. The maximum atomic E-state index is 13.0. The van der Waals surface area contributed by atoms with Crippen molar-refractivity contribution >= 4 is 0 Å². The zero-order chi connectivity index (χ0) is 13.0. The van der Waals surface area contributed by atoms with Gasteiger partial charge in [0.05, 0.1) is 6.54 Å². The standard InChI is InChI=1S/C12H11F2N3O/c1-2-5-15-7-11-16-12(17-18-11)8-3-4-9(13)10(14)6-8/h2-4,6,15H,1,5,7H2. The van der Waals surface area contributed by atoms with Gasteiger partial charge in [-0.2, -0.15) is 4.98 Å². The summed E-state index contributed by atoms with van der Waals surface area (Å²) in [5.41, 5.74) is 0.368. The van der Waals surface area contributed by atoms with E-state index in [0.717, 1.165) is 12.1 Å². The van der Waals surface area contributed by atoms with E-state index in [0.29, 0.717) is 24.5 Å². The highest BCUT2D eigenvalue weighted by atomic mass is 19.2. The summed E-state index contributed by atoms with van der Waals surface area (Å²) in [7, 11) is 0. The van der Waals surface area contributed by atoms with Crippen molar-refractivity contribution in [2.24, 2.45) is 0 Å². The Morgan fingerprint density at radius 3 is 2.89 bits per heavy atom. The number of aromatic nitrogens is 2. The third kappa shape index (κ3) is 2.78. The molecular formula is C12H11F2N3O. The van der Waals surface area contributed by atoms with Crippen LogP contribution < -0.4 is 5.32 Å². The molecular weight excluding hydrogens is 240 g/mol. The second-order valence-electron chi connectivity index (χ2n) is 3.56. The second kappa shape index (κ2) is 5.50. The van der Waals surface area contributed by atoms with Crippen molar-refractivity contribution in [1.29, 1.82) is 0 Å². The van der Waals surface area contributed by atoms with E-state index in [2.05, 4.69) is 22.0 Å². The molecule has 2 aromatic rings. The average Bonchev–Trinajstić information content (AvgIpc) is 2.82. The van der Waals surface area contributed by atoms with Crippen molar-refractivity contribution in [3.8, 4) is 11.4 Å². The first kappa shape index (κ1) is 12.4. The molecule has 6 heteroatoms. The second-order valence-corrected chi connectivity index (χ2v) is 3.56. The van der Waals surface area contributed by atoms with Crippen molar-refractivity contribution in [1.82, 2.24) is 15.5 Å². The van der Waals surface area contributed by atoms with E-state index in [1.165, 1.54) is 6.07 Å². The van der Waals surface area contributed by atoms with Crippen molar-refractivity contribution in [2.45, 2.75) is 6.54 Å². The lowest BCUT2D eigenvalue weighted by molar-refractivity contribution is 0.370. The van der Waals surface area contributed by atoms with Crippen LogP contribution >= 0.6 is 0 Å². The highest BCUT2D eigenvalue weighted by molar-refractivity contribution is 5.54. The average molecular weight is 251 g/mol. The van der Waals surface area contributed by atoms with E-state index in [4.69, 9.17) is 4.52 Å². The fraction of sp³-hybridized carbons (Fsp3) is 0.167. The van der Waals surface area contributed by atoms with Gasteiger partial charge >= 0.3 is 0 Å². The Morgan fingerprint density at radius 2 is 2.17 bits per heavy atom. The Bertz CT molecular complexity index is 554. The molecule has 18 heavy (non-hydrogen) atoms. The fourth-order valence-electron chi connectivity index (χ4n) is 1.36. The van der Waals surface area contributed by atoms with Gasteiger partial charge in [-0.15, -0.1) is 6.58 Å². The first-order chi connectivity index (χ1) is 8.70. The highest BCUT2D eigenvalue weighted by Gasteiger charge is 2.10. The Balaban J connectivity index is 2.13. The molecule has 4 nitrogen and oxygen atoms in total. The van der Waals surface area contributed by atoms with Gasteiger partial charge in [-0.1, -0.05) is 11.2 Å². The lowest BCUT2D eigenvalue weighted by Gasteiger charge is -1.95. The summed E-state index contributed by atoms with van der Waals surface area (Å²) in [5, 5.41) is 6.68. The highest BCUT2D eigenvalue weighted by Crippen LogP contribution is 2.18. The van der Waals surface area contributed by atoms with Crippen molar-refractivity contribution in [3.05, 3.63) is 48.4 Å². The molecule has 1 aromatic heterocycles. The summed E-state index contributed by atoms with van der Waals surface area (Å²) in [6.45, 7) is 4.56. The molecule has 0 spiro atoms. The van der Waals surface area contributed by atoms with Crippen LogP contribution in [0.3, 0.4) is 0 Å². The molecule has 0 saturated heterocycles. The van der Waals surface area contributed by atoms with E-state index >= 15 is 0 Å². The predicted molar refractivity (Wildman–Crippen MR) is 61.6 cm³/mol. The van der Waals surface area contributed by atoms with E-state index in [-0.39, 0.29) is 5.82 Å². The number of benzene rings is 1. The Labute approximate surface area is 102 Å². The molecule has 0 fully saturated rings. The number of halogens is 2. The van der Waals surface area contributed by atoms with Crippen LogP contribution in [0.1, 0.15) is 5.89 Å². The van der Waals surface area contributed by atoms with E-state index in [9.17, 15) is 8.78 Å². The molecule has 0 saturated carbocycles. The molecule has 1 aromatic carbocycles. The normalized spacial score (nSPS) is 10.6. The molecule has 0 atom stereocenters. The maximum absolute atomic E-state index is 13.0. The van der Waals surface area contributed by atoms with Gasteiger partial charge in [0.15, 0.2) is 11.6 Å². The molecule has 0 unspecified atom stereocenters. The molecule has 94 valence electrons. The van der Waals surface area contributed by atoms with E-state index < -0.39 is 11.6 Å². The molecule has 2 rings (SSSR count). The van der Waals surface area contributed by atoms with Crippen LogP contribution in [0.25, 0.3) is 11.4 Å². The Kier molecular flexibility index (Phi) is 3.78. The summed E-state index contributed by atoms with van der Waals surface area (Å²) < 4.78 is 30.8. The molecule has 1 N–H and O–H groups in total. The van der Waals surface area contributed by atoms with Gasteiger partial charge in [-0.25, -0.2) is 8.78 Å². The summed E-state index contributed by atoms with van der Waals surface area (Å²) in [5.74, 6) is -1.25. The number of rotatable bonds is 5. The lowest BCUT2D eigenvalue weighted by atomic mass is 10.2. The molecule has 0 aliphatic heterocycles. The van der Waals surface area contributed by atoms with Gasteiger partial charge in [-0.05, 0) is 18.2 Å². The topological polar surface area (TPSA) is 51.0 Å². The monoisotopic (exact) mass is 251 g/mol. The van der Waals surface area contributed by atoms with Crippen LogP contribution in [0.15, 0.2) is 35.4 Å². The third-order valence-corrected chi connectivity index (χ3v) is 2.21. The molecule has 0 bridgehead atoms. The number of hydrogen-bond acceptors (Lipinski definition) is 4. The minimum Gasteiger partial charge on any atom is -0.338 e. The molecule has 1 heterocycles. The number of nitrogens with one attached hydrogen (secondary N) is 1. The van der Waals surface area contributed by atoms with Gasteiger partial charge in [-0.3, -0.25) is 0 Å². The van der Waals surface area contributed by atoms with Crippen LogP contribution in [-0.2, 0) is 6.54 Å². The Hall–Kier alpha value is -2.08. The molecule has 0 amide bonds. The summed E-state index contributed by atoms with van der Waals surface area (Å²) in [6, 6.07) is 3.45. The van der Waals surface area contributed by atoms with Crippen molar-refractivity contribution < 1.29 is 13.3 Å². The lowest BCUT2D eigenvalue weighted by Crippen LogP contribution is -2.12. The smallest absolute Gasteiger partial charge is 0.240 e. The maximum Gasteiger partial charge on any atom is 0.240 e. The first-order valence-electron chi connectivity index (χ1n) is 5.30. The largest absolute Gasteiger partial charge is 0.338 e. The van der Waals surface area contributed by atoms with Gasteiger partial charge in [0.2, 0.25) is 11.7 Å². The molecule has 0 aliphatic carbocycles. The summed E-state index contributed by atoms with van der Waals surface area (Å²) >= 11 is 0. The fourth-order valence-corrected chi connectivity index (χ4v) is 1.36. The third-order valence-electron chi connectivity index (χ3n) is 2.21. The van der Waals surface area contributed by atoms with Crippen LogP contribution in [0.4, 0.5) is 8.78 Å². The van der Waals surface area contributed by atoms with E-state index in [1.54, 1.807) is 6.08 Å². The van der Waals surface area contributed by atoms with Gasteiger partial charge in [0.1, 0.15) is 0 Å². The van der Waals surface area contributed by atoms with Crippen LogP contribution in [0.5, 0.6) is 0 Å². The molecule has 0 radical (unpaired) electrons. The van der Waals surface area contributed by atoms with E-state index in [1.807, 2.05) is 0 Å². The summed E-state index contributed by atoms with van der Waals surface area (Å²) in [4.78, 5) is 4.06. The van der Waals surface area contributed by atoms with Crippen molar-refractivity contribution in [2.75, 3.05) is 6.54 Å². The predicted octanol–water partition coefficient (Wildman–Crippen LogP) is 2.29. The molecule has 0 aliphatic rings.